The molecule has 2 rings (SSSR count). The van der Waals surface area contributed by atoms with E-state index in [0.29, 0.717) is 5.69 Å². The fraction of sp³-hybridized carbons (Fsp3) is 0.200. The Morgan fingerprint density at radius 1 is 1.10 bits per heavy atom. The second-order valence-corrected chi connectivity index (χ2v) is 6.60. The van der Waals surface area contributed by atoms with Crippen LogP contribution in [0.4, 0.5) is 5.69 Å². The van der Waals surface area contributed by atoms with Gasteiger partial charge in [0, 0.05) is 12.2 Å². The number of rotatable bonds is 4. The molecule has 0 saturated carbocycles. The molecule has 20 heavy (non-hydrogen) atoms. The van der Waals surface area contributed by atoms with Gasteiger partial charge in [-0.05, 0) is 43.2 Å². The van der Waals surface area contributed by atoms with Crippen molar-refractivity contribution in [1.82, 2.24) is 4.72 Å². The van der Waals surface area contributed by atoms with Gasteiger partial charge in [0.05, 0.1) is 4.90 Å². The molecule has 0 aliphatic rings. The molecule has 0 atom stereocenters. The van der Waals surface area contributed by atoms with E-state index in [-0.39, 0.29) is 11.4 Å². The fourth-order valence-corrected chi connectivity index (χ4v) is 3.00. The summed E-state index contributed by atoms with van der Waals surface area (Å²) < 4.78 is 27.0. The molecule has 0 heterocycles. The first kappa shape index (κ1) is 14.6. The molecule has 5 heteroatoms. The van der Waals surface area contributed by atoms with Crippen molar-refractivity contribution in [2.24, 2.45) is 0 Å². The molecule has 0 unspecified atom stereocenters. The predicted molar refractivity (Wildman–Crippen MR) is 80.8 cm³/mol. The van der Waals surface area contributed by atoms with E-state index in [1.54, 1.807) is 19.1 Å². The molecule has 0 amide bonds. The Balaban J connectivity index is 2.17. The number of hydrogen-bond donors (Lipinski definition) is 2. The van der Waals surface area contributed by atoms with Crippen LogP contribution < -0.4 is 10.5 Å². The molecule has 0 aliphatic heterocycles. The van der Waals surface area contributed by atoms with Gasteiger partial charge >= 0.3 is 0 Å². The molecule has 2 aromatic rings. The molecule has 2 aromatic carbocycles. The van der Waals surface area contributed by atoms with Gasteiger partial charge in [-0.15, -0.1) is 0 Å². The SMILES string of the molecule is Cc1cccc(CNS(=O)(=O)c2ccc(N)c(C)c2)c1. The summed E-state index contributed by atoms with van der Waals surface area (Å²) >= 11 is 0. The minimum Gasteiger partial charge on any atom is -0.399 e. The van der Waals surface area contributed by atoms with Gasteiger partial charge in [0.25, 0.3) is 0 Å². The number of sulfonamides is 1. The van der Waals surface area contributed by atoms with Crippen molar-refractivity contribution in [2.45, 2.75) is 25.3 Å². The Morgan fingerprint density at radius 2 is 1.85 bits per heavy atom. The lowest BCUT2D eigenvalue weighted by molar-refractivity contribution is 0.581. The number of benzene rings is 2. The molecule has 0 saturated heterocycles. The minimum atomic E-state index is -3.52. The summed E-state index contributed by atoms with van der Waals surface area (Å²) in [5, 5.41) is 0. The summed E-state index contributed by atoms with van der Waals surface area (Å²) in [7, 11) is -3.52. The van der Waals surface area contributed by atoms with Gasteiger partial charge in [-0.3, -0.25) is 0 Å². The quantitative estimate of drug-likeness (QED) is 0.849. The molecule has 0 radical (unpaired) electrons. The van der Waals surface area contributed by atoms with Gasteiger partial charge in [0.2, 0.25) is 10.0 Å². The maximum absolute atomic E-state index is 12.2. The van der Waals surface area contributed by atoms with Crippen LogP contribution in [-0.4, -0.2) is 8.42 Å². The molecule has 3 N–H and O–H groups in total. The van der Waals surface area contributed by atoms with Crippen molar-refractivity contribution in [3.05, 3.63) is 59.2 Å². The second kappa shape index (κ2) is 5.64. The number of hydrogen-bond acceptors (Lipinski definition) is 3. The summed E-state index contributed by atoms with van der Waals surface area (Å²) in [4.78, 5) is 0.233. The minimum absolute atomic E-state index is 0.233. The number of anilines is 1. The topological polar surface area (TPSA) is 72.2 Å². The largest absolute Gasteiger partial charge is 0.399 e. The third-order valence-corrected chi connectivity index (χ3v) is 4.50. The first-order chi connectivity index (χ1) is 9.38. The highest BCUT2D eigenvalue weighted by atomic mass is 32.2. The molecule has 0 aromatic heterocycles. The molecule has 106 valence electrons. The van der Waals surface area contributed by atoms with E-state index >= 15 is 0 Å². The summed E-state index contributed by atoms with van der Waals surface area (Å²) in [6.07, 6.45) is 0. The fourth-order valence-electron chi connectivity index (χ4n) is 1.90. The van der Waals surface area contributed by atoms with Crippen molar-refractivity contribution in [1.29, 1.82) is 0 Å². The van der Waals surface area contributed by atoms with E-state index in [9.17, 15) is 8.42 Å². The Labute approximate surface area is 119 Å². The summed E-state index contributed by atoms with van der Waals surface area (Å²) in [5.74, 6) is 0. The Bertz CT molecular complexity index is 724. The van der Waals surface area contributed by atoms with Crippen LogP contribution in [0.1, 0.15) is 16.7 Å². The normalized spacial score (nSPS) is 11.5. The van der Waals surface area contributed by atoms with Crippen LogP contribution in [-0.2, 0) is 16.6 Å². The van der Waals surface area contributed by atoms with Crippen LogP contribution in [0, 0.1) is 13.8 Å². The molecule has 0 spiro atoms. The van der Waals surface area contributed by atoms with E-state index in [2.05, 4.69) is 4.72 Å². The average molecular weight is 290 g/mol. The van der Waals surface area contributed by atoms with E-state index < -0.39 is 10.0 Å². The van der Waals surface area contributed by atoms with Gasteiger partial charge < -0.3 is 5.73 Å². The first-order valence-electron chi connectivity index (χ1n) is 6.30. The van der Waals surface area contributed by atoms with Gasteiger partial charge in [-0.2, -0.15) is 0 Å². The van der Waals surface area contributed by atoms with Crippen LogP contribution >= 0.6 is 0 Å². The third kappa shape index (κ3) is 3.37. The van der Waals surface area contributed by atoms with Crippen molar-refractivity contribution in [3.8, 4) is 0 Å². The van der Waals surface area contributed by atoms with Crippen molar-refractivity contribution < 1.29 is 8.42 Å². The zero-order valence-electron chi connectivity index (χ0n) is 11.6. The Hall–Kier alpha value is -1.85. The van der Waals surface area contributed by atoms with Gasteiger partial charge in [-0.25, -0.2) is 13.1 Å². The molecular formula is C15H18N2O2S. The monoisotopic (exact) mass is 290 g/mol. The maximum atomic E-state index is 12.2. The van der Waals surface area contributed by atoms with Gasteiger partial charge in [0.1, 0.15) is 0 Å². The lowest BCUT2D eigenvalue weighted by Gasteiger charge is -2.09. The lowest BCUT2D eigenvalue weighted by atomic mass is 10.1. The van der Waals surface area contributed by atoms with E-state index in [4.69, 9.17) is 5.73 Å². The van der Waals surface area contributed by atoms with Crippen LogP contribution in [0.5, 0.6) is 0 Å². The van der Waals surface area contributed by atoms with Crippen molar-refractivity contribution in [3.63, 3.8) is 0 Å². The first-order valence-corrected chi connectivity index (χ1v) is 7.78. The molecule has 0 aliphatic carbocycles. The zero-order valence-corrected chi connectivity index (χ0v) is 12.4. The summed E-state index contributed by atoms with van der Waals surface area (Å²) in [6.45, 7) is 4.03. The highest BCUT2D eigenvalue weighted by molar-refractivity contribution is 7.89. The van der Waals surface area contributed by atoms with Gasteiger partial charge in [0.15, 0.2) is 0 Å². The zero-order chi connectivity index (χ0) is 14.8. The van der Waals surface area contributed by atoms with Crippen molar-refractivity contribution >= 4 is 15.7 Å². The summed E-state index contributed by atoms with van der Waals surface area (Å²) in [5.41, 5.74) is 9.07. The average Bonchev–Trinajstić information content (AvgIpc) is 2.40. The Morgan fingerprint density at radius 3 is 2.50 bits per heavy atom. The summed E-state index contributed by atoms with van der Waals surface area (Å²) in [6, 6.07) is 12.4. The number of aryl methyl sites for hydroxylation is 2. The van der Waals surface area contributed by atoms with E-state index in [1.165, 1.54) is 6.07 Å². The third-order valence-electron chi connectivity index (χ3n) is 3.10. The van der Waals surface area contributed by atoms with Crippen LogP contribution in [0.3, 0.4) is 0 Å². The standard InChI is InChI=1S/C15H18N2O2S/c1-11-4-3-5-13(8-11)10-17-20(18,19)14-6-7-15(16)12(2)9-14/h3-9,17H,10,16H2,1-2H3. The lowest BCUT2D eigenvalue weighted by Crippen LogP contribution is -2.23. The van der Waals surface area contributed by atoms with Crippen LogP contribution in [0.25, 0.3) is 0 Å². The molecule has 0 bridgehead atoms. The Kier molecular flexibility index (Phi) is 4.11. The predicted octanol–water partition coefficient (Wildman–Crippen LogP) is 2.36. The van der Waals surface area contributed by atoms with Crippen LogP contribution in [0.15, 0.2) is 47.4 Å². The number of nitrogens with one attached hydrogen (secondary N) is 1. The number of nitrogens with two attached hydrogens (primary N) is 1. The number of nitrogen functional groups attached to an aromatic ring is 1. The molecule has 0 fully saturated rings. The highest BCUT2D eigenvalue weighted by Crippen LogP contribution is 2.17. The second-order valence-electron chi connectivity index (χ2n) is 4.83. The van der Waals surface area contributed by atoms with Gasteiger partial charge in [-0.1, -0.05) is 29.8 Å². The highest BCUT2D eigenvalue weighted by Gasteiger charge is 2.14. The van der Waals surface area contributed by atoms with E-state index in [1.807, 2.05) is 31.2 Å². The molecule has 4 nitrogen and oxygen atoms in total. The maximum Gasteiger partial charge on any atom is 0.240 e. The smallest absolute Gasteiger partial charge is 0.240 e. The molecular weight excluding hydrogens is 272 g/mol. The van der Waals surface area contributed by atoms with E-state index in [0.717, 1.165) is 16.7 Å². The van der Waals surface area contributed by atoms with Crippen LogP contribution in [0.2, 0.25) is 0 Å². The van der Waals surface area contributed by atoms with Crippen molar-refractivity contribution in [2.75, 3.05) is 5.73 Å².